The molecule has 132 valence electrons. The number of aromatic nitrogens is 3. The molecule has 0 spiro atoms. The topological polar surface area (TPSA) is 51.0 Å². The Labute approximate surface area is 144 Å². The lowest BCUT2D eigenvalue weighted by Crippen LogP contribution is -2.40. The van der Waals surface area contributed by atoms with E-state index >= 15 is 0 Å². The summed E-state index contributed by atoms with van der Waals surface area (Å²) < 4.78 is 2.16. The predicted molar refractivity (Wildman–Crippen MR) is 92.5 cm³/mol. The van der Waals surface area contributed by atoms with Gasteiger partial charge >= 0.3 is 0 Å². The molecule has 1 aromatic rings. The van der Waals surface area contributed by atoms with Crippen LogP contribution in [-0.2, 0) is 4.79 Å². The minimum Gasteiger partial charge on any atom is -0.342 e. The number of fused-ring (bicyclic) bond motifs is 2. The van der Waals surface area contributed by atoms with Gasteiger partial charge in [0.05, 0.1) is 0 Å². The van der Waals surface area contributed by atoms with E-state index in [0.717, 1.165) is 50.0 Å². The van der Waals surface area contributed by atoms with Crippen molar-refractivity contribution in [2.75, 3.05) is 13.1 Å². The maximum atomic E-state index is 12.8. The molecule has 4 rings (SSSR count). The number of carbonyl (C=O) groups is 1. The van der Waals surface area contributed by atoms with Gasteiger partial charge in [0.1, 0.15) is 12.2 Å². The first kappa shape index (κ1) is 16.1. The number of hydrogen-bond donors (Lipinski definition) is 0. The Morgan fingerprint density at radius 3 is 2.88 bits per heavy atom. The molecule has 3 aliphatic rings. The molecule has 2 bridgehead atoms. The Hall–Kier alpha value is -1.39. The lowest BCUT2D eigenvalue weighted by atomic mass is 9.85. The predicted octanol–water partition coefficient (Wildman–Crippen LogP) is 3.39. The smallest absolute Gasteiger partial charge is 0.222 e. The molecular weight excluding hydrogens is 300 g/mol. The molecule has 1 aromatic heterocycles. The van der Waals surface area contributed by atoms with E-state index in [4.69, 9.17) is 0 Å². The van der Waals surface area contributed by atoms with Crippen LogP contribution in [0.25, 0.3) is 0 Å². The maximum absolute atomic E-state index is 12.8. The van der Waals surface area contributed by atoms with Crippen LogP contribution in [-0.4, -0.2) is 38.7 Å². The molecule has 5 heteroatoms. The number of piperidine rings is 1. The lowest BCUT2D eigenvalue weighted by molar-refractivity contribution is -0.133. The van der Waals surface area contributed by atoms with Crippen molar-refractivity contribution in [3.8, 4) is 0 Å². The van der Waals surface area contributed by atoms with E-state index in [1.165, 1.54) is 25.7 Å². The van der Waals surface area contributed by atoms with Crippen LogP contribution in [0.3, 0.4) is 0 Å². The zero-order valence-corrected chi connectivity index (χ0v) is 15.0. The van der Waals surface area contributed by atoms with Gasteiger partial charge in [0.15, 0.2) is 0 Å². The first-order valence-corrected chi connectivity index (χ1v) is 9.79. The number of hydrogen-bond acceptors (Lipinski definition) is 3. The molecule has 0 radical (unpaired) electrons. The Kier molecular flexibility index (Phi) is 4.35. The van der Waals surface area contributed by atoms with E-state index in [2.05, 4.69) is 33.5 Å². The van der Waals surface area contributed by atoms with E-state index in [1.807, 2.05) is 6.33 Å². The van der Waals surface area contributed by atoms with Gasteiger partial charge in [-0.15, -0.1) is 10.2 Å². The summed E-state index contributed by atoms with van der Waals surface area (Å²) >= 11 is 0. The number of carbonyl (C=O) groups excluding carboxylic acids is 1. The second-order valence-electron chi connectivity index (χ2n) is 8.51. The molecular formula is C19H30N4O. The Bertz CT molecular complexity index is 596. The van der Waals surface area contributed by atoms with Gasteiger partial charge in [-0.05, 0) is 63.7 Å². The Morgan fingerprint density at radius 2 is 2.17 bits per heavy atom. The molecule has 5 nitrogen and oxygen atoms in total. The van der Waals surface area contributed by atoms with E-state index in [0.29, 0.717) is 23.8 Å². The van der Waals surface area contributed by atoms with Crippen molar-refractivity contribution in [1.29, 1.82) is 0 Å². The molecule has 1 saturated heterocycles. The number of rotatable bonds is 4. The molecule has 2 saturated carbocycles. The second-order valence-corrected chi connectivity index (χ2v) is 8.51. The fraction of sp³-hybridized carbons (Fsp3) is 0.842. The highest BCUT2D eigenvalue weighted by Gasteiger charge is 2.41. The highest BCUT2D eigenvalue weighted by Crippen LogP contribution is 2.49. The standard InChI is InChI=1S/C19H30N4O/c1-13(2)23-12-20-21-19(23)16-4-3-7-22(11-16)18(24)10-17-9-14-5-6-15(17)8-14/h12-17H,3-11H2,1-2H3/t14-,15-,16-,17-/m0/s1. The molecule has 0 N–H and O–H groups in total. The van der Waals surface area contributed by atoms with Gasteiger partial charge in [-0.25, -0.2) is 0 Å². The van der Waals surface area contributed by atoms with Crippen LogP contribution in [0, 0.1) is 17.8 Å². The van der Waals surface area contributed by atoms with Gasteiger partial charge in [-0.1, -0.05) is 6.42 Å². The van der Waals surface area contributed by atoms with Crippen molar-refractivity contribution < 1.29 is 4.79 Å². The molecule has 2 heterocycles. The average molecular weight is 330 g/mol. The maximum Gasteiger partial charge on any atom is 0.222 e. The summed E-state index contributed by atoms with van der Waals surface area (Å²) in [4.78, 5) is 15.0. The van der Waals surface area contributed by atoms with Gasteiger partial charge < -0.3 is 9.47 Å². The normalized spacial score (nSPS) is 32.7. The van der Waals surface area contributed by atoms with Gasteiger partial charge in [-0.2, -0.15) is 0 Å². The monoisotopic (exact) mass is 330 g/mol. The Morgan fingerprint density at radius 1 is 1.29 bits per heavy atom. The van der Waals surface area contributed by atoms with Crippen molar-refractivity contribution in [3.63, 3.8) is 0 Å². The molecule has 1 aliphatic heterocycles. The van der Waals surface area contributed by atoms with E-state index in [-0.39, 0.29) is 0 Å². The van der Waals surface area contributed by atoms with E-state index in [1.54, 1.807) is 0 Å². The first-order valence-electron chi connectivity index (χ1n) is 9.79. The zero-order valence-electron chi connectivity index (χ0n) is 15.0. The molecule has 3 fully saturated rings. The third-order valence-electron chi connectivity index (χ3n) is 6.62. The van der Waals surface area contributed by atoms with Crippen LogP contribution < -0.4 is 0 Å². The minimum absolute atomic E-state index is 0.340. The number of amides is 1. The quantitative estimate of drug-likeness (QED) is 0.850. The van der Waals surface area contributed by atoms with E-state index < -0.39 is 0 Å². The van der Waals surface area contributed by atoms with Crippen molar-refractivity contribution in [2.45, 2.75) is 70.8 Å². The fourth-order valence-corrected chi connectivity index (χ4v) is 5.34. The molecule has 4 atom stereocenters. The minimum atomic E-state index is 0.340. The first-order chi connectivity index (χ1) is 11.6. The molecule has 0 aromatic carbocycles. The van der Waals surface area contributed by atoms with Crippen LogP contribution in [0.1, 0.15) is 76.6 Å². The fourth-order valence-electron chi connectivity index (χ4n) is 5.34. The zero-order chi connectivity index (χ0) is 16.7. The van der Waals surface area contributed by atoms with Crippen LogP contribution in [0.5, 0.6) is 0 Å². The van der Waals surface area contributed by atoms with Gasteiger partial charge in [0, 0.05) is 31.5 Å². The average Bonchev–Trinajstić information content (AvgIpc) is 3.31. The van der Waals surface area contributed by atoms with E-state index in [9.17, 15) is 4.79 Å². The molecule has 1 amide bonds. The third-order valence-corrected chi connectivity index (χ3v) is 6.62. The summed E-state index contributed by atoms with van der Waals surface area (Å²) in [6.07, 6.45) is 10.3. The Balaban J connectivity index is 1.39. The van der Waals surface area contributed by atoms with Crippen LogP contribution in [0.2, 0.25) is 0 Å². The summed E-state index contributed by atoms with van der Waals surface area (Å²) in [5, 5.41) is 8.47. The number of nitrogens with zero attached hydrogens (tertiary/aromatic N) is 4. The van der Waals surface area contributed by atoms with Crippen LogP contribution in [0.4, 0.5) is 0 Å². The second kappa shape index (κ2) is 6.49. The lowest BCUT2D eigenvalue weighted by Gasteiger charge is -2.34. The van der Waals surface area contributed by atoms with Crippen molar-refractivity contribution in [2.24, 2.45) is 17.8 Å². The molecule has 0 unspecified atom stereocenters. The molecule has 2 aliphatic carbocycles. The van der Waals surface area contributed by atoms with Crippen molar-refractivity contribution in [3.05, 3.63) is 12.2 Å². The largest absolute Gasteiger partial charge is 0.342 e. The van der Waals surface area contributed by atoms with Gasteiger partial charge in [0.25, 0.3) is 0 Å². The summed E-state index contributed by atoms with van der Waals surface area (Å²) in [6.45, 7) is 6.07. The van der Waals surface area contributed by atoms with Crippen molar-refractivity contribution in [1.82, 2.24) is 19.7 Å². The van der Waals surface area contributed by atoms with Crippen molar-refractivity contribution >= 4 is 5.91 Å². The van der Waals surface area contributed by atoms with Crippen LogP contribution in [0.15, 0.2) is 6.33 Å². The summed E-state index contributed by atoms with van der Waals surface area (Å²) in [5.74, 6) is 4.20. The van der Waals surface area contributed by atoms with Gasteiger partial charge in [-0.3, -0.25) is 4.79 Å². The highest BCUT2D eigenvalue weighted by molar-refractivity contribution is 5.76. The third kappa shape index (κ3) is 2.98. The SMILES string of the molecule is CC(C)n1cnnc1[C@H]1CCCN(C(=O)C[C@@H]2C[C@H]3CC[C@H]2C3)C1. The number of likely N-dealkylation sites (tertiary alicyclic amines) is 1. The van der Waals surface area contributed by atoms with Gasteiger partial charge in [0.2, 0.25) is 5.91 Å². The highest BCUT2D eigenvalue weighted by atomic mass is 16.2. The van der Waals surface area contributed by atoms with Crippen LogP contribution >= 0.6 is 0 Å². The summed E-state index contributed by atoms with van der Waals surface area (Å²) in [6, 6.07) is 0.370. The summed E-state index contributed by atoms with van der Waals surface area (Å²) in [5.41, 5.74) is 0. The summed E-state index contributed by atoms with van der Waals surface area (Å²) in [7, 11) is 0. The molecule has 24 heavy (non-hydrogen) atoms.